The fraction of sp³-hybridized carbons (Fsp3) is 0.500. The Balaban J connectivity index is 1.63. The van der Waals surface area contributed by atoms with Crippen molar-refractivity contribution in [3.63, 3.8) is 0 Å². The number of ether oxygens (including phenoxy) is 1. The zero-order valence-corrected chi connectivity index (χ0v) is 18.8. The molecule has 3 heterocycles. The van der Waals surface area contributed by atoms with E-state index in [0.29, 0.717) is 17.5 Å². The average Bonchev–Trinajstić information content (AvgIpc) is 3.31. The van der Waals surface area contributed by atoms with Gasteiger partial charge >= 0.3 is 6.09 Å². The predicted molar refractivity (Wildman–Crippen MR) is 111 cm³/mol. The molecule has 0 unspecified atom stereocenters. The van der Waals surface area contributed by atoms with Crippen LogP contribution < -0.4 is 5.32 Å². The molecule has 3 aromatic heterocycles. The van der Waals surface area contributed by atoms with E-state index in [9.17, 15) is 4.79 Å². The molecular weight excluding hydrogens is 412 g/mol. The van der Waals surface area contributed by atoms with Crippen LogP contribution in [0.3, 0.4) is 0 Å². The first kappa shape index (κ1) is 21.3. The van der Waals surface area contributed by atoms with Crippen molar-refractivity contribution >= 4 is 29.2 Å². The number of nitrogens with one attached hydrogen (secondary N) is 1. The number of thioether (sulfide) groups is 1. The van der Waals surface area contributed by atoms with Crippen LogP contribution in [-0.4, -0.2) is 36.6 Å². The van der Waals surface area contributed by atoms with Gasteiger partial charge in [-0.25, -0.2) is 4.79 Å². The van der Waals surface area contributed by atoms with Crippen LogP contribution in [0.5, 0.6) is 0 Å². The minimum atomic E-state index is -0.841. The van der Waals surface area contributed by atoms with Crippen molar-refractivity contribution in [3.05, 3.63) is 29.2 Å². The van der Waals surface area contributed by atoms with Gasteiger partial charge in [0.2, 0.25) is 5.89 Å². The van der Waals surface area contributed by atoms with Crippen LogP contribution in [-0.2, 0) is 23.1 Å². The quantitative estimate of drug-likeness (QED) is 0.578. The molecule has 29 heavy (non-hydrogen) atoms. The maximum absolute atomic E-state index is 12.1. The number of rotatable bonds is 6. The summed E-state index contributed by atoms with van der Waals surface area (Å²) in [5.41, 5.74) is -1.43. The van der Waals surface area contributed by atoms with Crippen molar-refractivity contribution in [1.82, 2.24) is 30.2 Å². The largest absolute Gasteiger partial charge is 0.444 e. The first-order chi connectivity index (χ1) is 13.5. The van der Waals surface area contributed by atoms with Gasteiger partial charge in [0.05, 0.1) is 10.6 Å². The molecule has 0 aliphatic carbocycles. The van der Waals surface area contributed by atoms with Gasteiger partial charge in [0.1, 0.15) is 11.1 Å². The van der Waals surface area contributed by atoms with Gasteiger partial charge in [-0.05, 0) is 46.1 Å². The van der Waals surface area contributed by atoms with Gasteiger partial charge in [0.25, 0.3) is 0 Å². The van der Waals surface area contributed by atoms with E-state index in [1.54, 1.807) is 46.0 Å². The second-order valence-electron chi connectivity index (χ2n) is 7.89. The monoisotopic (exact) mass is 436 g/mol. The zero-order chi connectivity index (χ0) is 21.2. The highest BCUT2D eigenvalue weighted by Gasteiger charge is 2.31. The van der Waals surface area contributed by atoms with Gasteiger partial charge in [-0.3, -0.25) is 0 Å². The maximum atomic E-state index is 12.1. The lowest BCUT2D eigenvalue weighted by Crippen LogP contribution is -2.44. The zero-order valence-electron chi connectivity index (χ0n) is 17.2. The summed E-state index contributed by atoms with van der Waals surface area (Å²) in [4.78, 5) is 17.5. The highest BCUT2D eigenvalue weighted by molar-refractivity contribution is 7.98. The maximum Gasteiger partial charge on any atom is 0.408 e. The second kappa shape index (κ2) is 8.15. The Bertz CT molecular complexity index is 972. The molecule has 1 amide bonds. The lowest BCUT2D eigenvalue weighted by Gasteiger charge is -2.26. The molecule has 3 aromatic rings. The molecular formula is C18H24N6O3S2. The standard InChI is InChI=1S/C18H24N6O3S2/c1-17(2,3)26-16(25)20-18(4,5)14-19-12(27-23-14)10-29-15-22-21-13(24(15)6)11-8-7-9-28-11/h7-9H,10H2,1-6H3,(H,20,25). The number of carbonyl (C=O) groups excluding carboxylic acids is 1. The molecule has 3 rings (SSSR count). The second-order valence-corrected chi connectivity index (χ2v) is 9.78. The van der Waals surface area contributed by atoms with Gasteiger partial charge in [0.15, 0.2) is 16.8 Å². The number of amides is 1. The molecule has 0 atom stereocenters. The van der Waals surface area contributed by atoms with Crippen LogP contribution in [0, 0.1) is 0 Å². The summed E-state index contributed by atoms with van der Waals surface area (Å²) in [6.07, 6.45) is -0.539. The number of nitrogens with zero attached hydrogens (tertiary/aromatic N) is 5. The summed E-state index contributed by atoms with van der Waals surface area (Å²) in [6, 6.07) is 3.99. The van der Waals surface area contributed by atoms with Crippen molar-refractivity contribution in [1.29, 1.82) is 0 Å². The fourth-order valence-corrected chi connectivity index (χ4v) is 3.86. The topological polar surface area (TPSA) is 108 Å². The van der Waals surface area contributed by atoms with Crippen molar-refractivity contribution < 1.29 is 14.1 Å². The number of carbonyl (C=O) groups is 1. The third-order valence-electron chi connectivity index (χ3n) is 3.74. The Morgan fingerprint density at radius 3 is 2.72 bits per heavy atom. The first-order valence-electron chi connectivity index (χ1n) is 8.95. The molecule has 0 radical (unpaired) electrons. The lowest BCUT2D eigenvalue weighted by atomic mass is 10.1. The van der Waals surface area contributed by atoms with Gasteiger partial charge in [-0.1, -0.05) is 23.0 Å². The Hall–Kier alpha value is -2.40. The van der Waals surface area contributed by atoms with E-state index in [0.717, 1.165) is 15.9 Å². The van der Waals surface area contributed by atoms with Gasteiger partial charge < -0.3 is 19.1 Å². The third-order valence-corrected chi connectivity index (χ3v) is 5.61. The normalized spacial score (nSPS) is 12.2. The highest BCUT2D eigenvalue weighted by Crippen LogP contribution is 2.28. The van der Waals surface area contributed by atoms with Crippen LogP contribution in [0.2, 0.25) is 0 Å². The van der Waals surface area contributed by atoms with E-state index >= 15 is 0 Å². The van der Waals surface area contributed by atoms with Crippen molar-refractivity contribution in [2.45, 2.75) is 56.7 Å². The van der Waals surface area contributed by atoms with Crippen molar-refractivity contribution in [2.75, 3.05) is 0 Å². The van der Waals surface area contributed by atoms with Crippen LogP contribution in [0.4, 0.5) is 4.79 Å². The molecule has 0 saturated carbocycles. The average molecular weight is 437 g/mol. The van der Waals surface area contributed by atoms with E-state index in [2.05, 4.69) is 25.7 Å². The van der Waals surface area contributed by atoms with Gasteiger partial charge in [-0.15, -0.1) is 21.5 Å². The predicted octanol–water partition coefficient (Wildman–Crippen LogP) is 3.98. The van der Waals surface area contributed by atoms with Crippen molar-refractivity contribution in [2.24, 2.45) is 7.05 Å². The summed E-state index contributed by atoms with van der Waals surface area (Å²) in [7, 11) is 1.92. The van der Waals surface area contributed by atoms with Crippen LogP contribution in [0.1, 0.15) is 46.3 Å². The molecule has 156 valence electrons. The number of aromatic nitrogens is 5. The summed E-state index contributed by atoms with van der Waals surface area (Å²) in [5, 5.41) is 18.0. The van der Waals surface area contributed by atoms with E-state index in [1.807, 2.05) is 29.1 Å². The number of alkyl carbamates (subject to hydrolysis) is 1. The minimum absolute atomic E-state index is 0.371. The Labute approximate surface area is 177 Å². The third kappa shape index (κ3) is 5.36. The minimum Gasteiger partial charge on any atom is -0.444 e. The lowest BCUT2D eigenvalue weighted by molar-refractivity contribution is 0.0465. The molecule has 1 N–H and O–H groups in total. The van der Waals surface area contributed by atoms with Gasteiger partial charge in [0, 0.05) is 7.05 Å². The molecule has 0 bridgehead atoms. The Morgan fingerprint density at radius 1 is 1.31 bits per heavy atom. The molecule has 0 fully saturated rings. The highest BCUT2D eigenvalue weighted by atomic mass is 32.2. The van der Waals surface area contributed by atoms with E-state index in [4.69, 9.17) is 9.26 Å². The number of hydrogen-bond acceptors (Lipinski definition) is 9. The van der Waals surface area contributed by atoms with Crippen LogP contribution in [0.25, 0.3) is 10.7 Å². The summed E-state index contributed by atoms with van der Waals surface area (Å²) in [6.45, 7) is 8.99. The molecule has 9 nitrogen and oxygen atoms in total. The number of hydrogen-bond donors (Lipinski definition) is 1. The van der Waals surface area contributed by atoms with Crippen LogP contribution in [0.15, 0.2) is 27.2 Å². The van der Waals surface area contributed by atoms with Crippen molar-refractivity contribution in [3.8, 4) is 10.7 Å². The fourth-order valence-electron chi connectivity index (χ4n) is 2.37. The molecule has 11 heteroatoms. The van der Waals surface area contributed by atoms with E-state index < -0.39 is 17.2 Å². The van der Waals surface area contributed by atoms with Gasteiger partial charge in [-0.2, -0.15) is 4.98 Å². The molecule has 0 saturated heterocycles. The summed E-state index contributed by atoms with van der Waals surface area (Å²) < 4.78 is 12.6. The molecule has 0 aromatic carbocycles. The Kier molecular flexibility index (Phi) is 5.99. The van der Waals surface area contributed by atoms with E-state index in [-0.39, 0.29) is 0 Å². The molecule has 0 spiro atoms. The Morgan fingerprint density at radius 2 is 2.07 bits per heavy atom. The summed E-state index contributed by atoms with van der Waals surface area (Å²) >= 11 is 3.06. The number of thiophene rings is 1. The first-order valence-corrected chi connectivity index (χ1v) is 10.8. The molecule has 0 aliphatic heterocycles. The smallest absolute Gasteiger partial charge is 0.408 e. The SMILES string of the molecule is Cn1c(SCc2nc(C(C)(C)NC(=O)OC(C)(C)C)no2)nnc1-c1cccs1. The molecule has 0 aliphatic rings. The van der Waals surface area contributed by atoms with Crippen LogP contribution >= 0.6 is 23.1 Å². The summed E-state index contributed by atoms with van der Waals surface area (Å²) in [5.74, 6) is 2.06. The van der Waals surface area contributed by atoms with E-state index in [1.165, 1.54) is 11.8 Å².